The molecule has 7 nitrogen and oxygen atoms in total. The number of hydrogen-bond donors (Lipinski definition) is 2. The highest BCUT2D eigenvalue weighted by Crippen LogP contribution is 2.22. The van der Waals surface area contributed by atoms with Crippen LogP contribution in [0, 0.1) is 5.92 Å². The minimum absolute atomic E-state index is 0.0107. The summed E-state index contributed by atoms with van der Waals surface area (Å²) in [5.41, 5.74) is 1.63. The van der Waals surface area contributed by atoms with Crippen molar-refractivity contribution in [3.63, 3.8) is 0 Å². The van der Waals surface area contributed by atoms with E-state index in [0.717, 1.165) is 5.56 Å². The van der Waals surface area contributed by atoms with Crippen molar-refractivity contribution in [1.82, 2.24) is 5.32 Å². The van der Waals surface area contributed by atoms with Crippen molar-refractivity contribution in [2.45, 2.75) is 19.9 Å². The zero-order valence-electron chi connectivity index (χ0n) is 17.0. The van der Waals surface area contributed by atoms with Crippen molar-refractivity contribution < 1.29 is 23.9 Å². The van der Waals surface area contributed by atoms with E-state index in [9.17, 15) is 14.4 Å². The predicted octanol–water partition coefficient (Wildman–Crippen LogP) is 3.19. The van der Waals surface area contributed by atoms with Gasteiger partial charge in [-0.05, 0) is 29.7 Å². The van der Waals surface area contributed by atoms with Gasteiger partial charge < -0.3 is 20.1 Å². The van der Waals surface area contributed by atoms with Gasteiger partial charge in [0.15, 0.2) is 0 Å². The molecule has 2 N–H and O–H groups in total. The number of esters is 2. The van der Waals surface area contributed by atoms with E-state index in [-0.39, 0.29) is 41.2 Å². The highest BCUT2D eigenvalue weighted by molar-refractivity contribution is 6.03. The van der Waals surface area contributed by atoms with Gasteiger partial charge in [0.1, 0.15) is 0 Å². The van der Waals surface area contributed by atoms with E-state index < -0.39 is 11.9 Å². The number of amides is 1. The molecule has 0 saturated carbocycles. The number of ether oxygens (including phenoxy) is 2. The number of anilines is 1. The van der Waals surface area contributed by atoms with Crippen LogP contribution in [0.4, 0.5) is 5.69 Å². The number of methoxy groups -OCH3 is 2. The number of carbonyl (C=O) groups is 3. The summed E-state index contributed by atoms with van der Waals surface area (Å²) in [6.07, 6.45) is 0. The second-order valence-corrected chi connectivity index (χ2v) is 6.80. The summed E-state index contributed by atoms with van der Waals surface area (Å²) in [5, 5.41) is 5.93. The molecule has 0 radical (unpaired) electrons. The van der Waals surface area contributed by atoms with Gasteiger partial charge in [-0.15, -0.1) is 0 Å². The molecule has 2 aromatic rings. The molecule has 0 aliphatic heterocycles. The molecular formula is C22H26N2O5. The van der Waals surface area contributed by atoms with Crippen molar-refractivity contribution in [1.29, 1.82) is 0 Å². The first-order valence-corrected chi connectivity index (χ1v) is 9.26. The summed E-state index contributed by atoms with van der Waals surface area (Å²) in [7, 11) is 2.51. The van der Waals surface area contributed by atoms with Crippen LogP contribution in [0.15, 0.2) is 48.5 Å². The fraction of sp³-hybridized carbons (Fsp3) is 0.318. The summed E-state index contributed by atoms with van der Waals surface area (Å²) in [5.74, 6) is -1.27. The van der Waals surface area contributed by atoms with Crippen LogP contribution in [0.2, 0.25) is 0 Å². The Bertz CT molecular complexity index is 865. The first kappa shape index (κ1) is 22.1. The van der Waals surface area contributed by atoms with Crippen LogP contribution >= 0.6 is 0 Å². The van der Waals surface area contributed by atoms with Crippen LogP contribution in [0.1, 0.15) is 46.2 Å². The molecule has 2 aromatic carbocycles. The third-order valence-corrected chi connectivity index (χ3v) is 4.43. The first-order valence-electron chi connectivity index (χ1n) is 9.26. The van der Waals surface area contributed by atoms with Gasteiger partial charge in [-0.25, -0.2) is 9.59 Å². The average Bonchev–Trinajstić information content (AvgIpc) is 2.73. The molecule has 154 valence electrons. The van der Waals surface area contributed by atoms with E-state index in [4.69, 9.17) is 9.47 Å². The first-order chi connectivity index (χ1) is 13.9. The Morgan fingerprint density at radius 3 is 2.17 bits per heavy atom. The normalized spacial score (nSPS) is 11.6. The lowest BCUT2D eigenvalue weighted by atomic mass is 9.96. The van der Waals surface area contributed by atoms with E-state index in [1.165, 1.54) is 32.4 Å². The molecule has 2 rings (SSSR count). The molecule has 0 heterocycles. The highest BCUT2D eigenvalue weighted by Gasteiger charge is 2.19. The number of nitrogens with one attached hydrogen (secondary N) is 2. The van der Waals surface area contributed by atoms with E-state index in [1.807, 2.05) is 30.3 Å². The van der Waals surface area contributed by atoms with Crippen LogP contribution in [0.5, 0.6) is 0 Å². The summed E-state index contributed by atoms with van der Waals surface area (Å²) < 4.78 is 9.45. The molecule has 0 spiro atoms. The standard InChI is InChI=1S/C22H26N2O5/c1-14(2)20(15-8-6-5-7-9-15)23-13-19(25)24-18-12-16(21(26)28-3)10-11-17(18)22(27)29-4/h5-12,14,20,23H,13H2,1-4H3,(H,24,25)/t20-/m1/s1. The summed E-state index contributed by atoms with van der Waals surface area (Å²) >= 11 is 0. The quantitative estimate of drug-likeness (QED) is 0.664. The van der Waals surface area contributed by atoms with Crippen molar-refractivity contribution in [2.24, 2.45) is 5.92 Å². The molecular weight excluding hydrogens is 372 g/mol. The largest absolute Gasteiger partial charge is 0.465 e. The Balaban J connectivity index is 2.16. The van der Waals surface area contributed by atoms with Gasteiger partial charge in [0, 0.05) is 6.04 Å². The molecule has 1 amide bonds. The lowest BCUT2D eigenvalue weighted by Crippen LogP contribution is -2.34. The molecule has 0 aliphatic carbocycles. The predicted molar refractivity (Wildman–Crippen MR) is 110 cm³/mol. The van der Waals surface area contributed by atoms with Crippen LogP contribution < -0.4 is 10.6 Å². The smallest absolute Gasteiger partial charge is 0.339 e. The number of rotatable bonds is 8. The zero-order valence-corrected chi connectivity index (χ0v) is 17.0. The Labute approximate surface area is 170 Å². The third-order valence-electron chi connectivity index (χ3n) is 4.43. The number of benzene rings is 2. The van der Waals surface area contributed by atoms with Crippen molar-refractivity contribution in [2.75, 3.05) is 26.1 Å². The molecule has 0 aromatic heterocycles. The summed E-state index contributed by atoms with van der Waals surface area (Å²) in [6.45, 7) is 4.16. The SMILES string of the molecule is COC(=O)c1ccc(C(=O)OC)c(NC(=O)CN[C@@H](c2ccccc2)C(C)C)c1. The fourth-order valence-corrected chi connectivity index (χ4v) is 2.98. The lowest BCUT2D eigenvalue weighted by Gasteiger charge is -2.23. The maximum atomic E-state index is 12.5. The summed E-state index contributed by atoms with van der Waals surface area (Å²) in [4.78, 5) is 36.3. The molecule has 7 heteroatoms. The minimum Gasteiger partial charge on any atom is -0.465 e. The highest BCUT2D eigenvalue weighted by atomic mass is 16.5. The fourth-order valence-electron chi connectivity index (χ4n) is 2.98. The topological polar surface area (TPSA) is 93.7 Å². The second-order valence-electron chi connectivity index (χ2n) is 6.80. The Kier molecular flexibility index (Phi) is 7.91. The maximum absolute atomic E-state index is 12.5. The van der Waals surface area contributed by atoms with E-state index in [1.54, 1.807) is 0 Å². The van der Waals surface area contributed by atoms with Crippen molar-refractivity contribution in [3.8, 4) is 0 Å². The van der Waals surface area contributed by atoms with E-state index in [0.29, 0.717) is 0 Å². The monoisotopic (exact) mass is 398 g/mol. The number of hydrogen-bond acceptors (Lipinski definition) is 6. The second kappa shape index (κ2) is 10.4. The molecule has 0 unspecified atom stereocenters. The van der Waals surface area contributed by atoms with Crippen molar-refractivity contribution in [3.05, 3.63) is 65.2 Å². The Morgan fingerprint density at radius 1 is 0.931 bits per heavy atom. The zero-order chi connectivity index (χ0) is 21.4. The van der Waals surface area contributed by atoms with Crippen molar-refractivity contribution >= 4 is 23.5 Å². The van der Waals surface area contributed by atoms with E-state index in [2.05, 4.69) is 24.5 Å². The third kappa shape index (κ3) is 5.89. The van der Waals surface area contributed by atoms with Gasteiger partial charge >= 0.3 is 11.9 Å². The van der Waals surface area contributed by atoms with E-state index >= 15 is 0 Å². The van der Waals surface area contributed by atoms with Crippen LogP contribution in [-0.4, -0.2) is 38.6 Å². The molecule has 0 fully saturated rings. The number of carbonyl (C=O) groups excluding carboxylic acids is 3. The van der Waals surface area contributed by atoms with Crippen LogP contribution in [0.25, 0.3) is 0 Å². The molecule has 29 heavy (non-hydrogen) atoms. The van der Waals surface area contributed by atoms with Gasteiger partial charge in [0.25, 0.3) is 0 Å². The van der Waals surface area contributed by atoms with Gasteiger partial charge in [0.05, 0.1) is 37.6 Å². The van der Waals surface area contributed by atoms with Gasteiger partial charge in [0.2, 0.25) is 5.91 Å². The molecule has 1 atom stereocenters. The van der Waals surface area contributed by atoms with Gasteiger partial charge in [-0.2, -0.15) is 0 Å². The Hall–Kier alpha value is -3.19. The lowest BCUT2D eigenvalue weighted by molar-refractivity contribution is -0.115. The molecule has 0 aliphatic rings. The average molecular weight is 398 g/mol. The molecule has 0 saturated heterocycles. The van der Waals surface area contributed by atoms with Gasteiger partial charge in [-0.3, -0.25) is 4.79 Å². The summed E-state index contributed by atoms with van der Waals surface area (Å²) in [6, 6.07) is 14.1. The van der Waals surface area contributed by atoms with Crippen LogP contribution in [-0.2, 0) is 14.3 Å². The van der Waals surface area contributed by atoms with Gasteiger partial charge in [-0.1, -0.05) is 44.2 Å². The maximum Gasteiger partial charge on any atom is 0.339 e. The Morgan fingerprint density at radius 2 is 1.59 bits per heavy atom. The van der Waals surface area contributed by atoms with Crippen LogP contribution in [0.3, 0.4) is 0 Å². The minimum atomic E-state index is -0.617. The molecule has 0 bridgehead atoms.